The number of nitrogens with one attached hydrogen (secondary N) is 3. The van der Waals surface area contributed by atoms with Crippen molar-refractivity contribution in [3.05, 3.63) is 24.3 Å². The molecule has 1 aromatic rings. The van der Waals surface area contributed by atoms with Gasteiger partial charge in [0.2, 0.25) is 11.8 Å². The van der Waals surface area contributed by atoms with Crippen molar-refractivity contribution in [2.75, 3.05) is 24.2 Å². The van der Waals surface area contributed by atoms with Crippen LogP contribution in [0.2, 0.25) is 0 Å². The Morgan fingerprint density at radius 2 is 1.50 bits per heavy atom. The van der Waals surface area contributed by atoms with Crippen molar-refractivity contribution in [3.63, 3.8) is 0 Å². The molecule has 0 bridgehead atoms. The number of amides is 2. The fourth-order valence-corrected chi connectivity index (χ4v) is 1.45. The quantitative estimate of drug-likeness (QED) is 0.717. The van der Waals surface area contributed by atoms with Gasteiger partial charge in [-0.3, -0.25) is 9.59 Å². The third-order valence-corrected chi connectivity index (χ3v) is 2.27. The van der Waals surface area contributed by atoms with E-state index in [-0.39, 0.29) is 18.4 Å². The SMILES string of the molecule is CCCC(=O)Nc1ccc(NC(=O)CNC)cc1. The van der Waals surface area contributed by atoms with E-state index < -0.39 is 0 Å². The Hall–Kier alpha value is -1.88. The second-order valence-corrected chi connectivity index (χ2v) is 3.95. The summed E-state index contributed by atoms with van der Waals surface area (Å²) in [5.74, 6) is -0.0928. The molecule has 0 spiro atoms. The molecule has 0 heterocycles. The second-order valence-electron chi connectivity index (χ2n) is 3.95. The minimum atomic E-state index is -0.0970. The van der Waals surface area contributed by atoms with Crippen molar-refractivity contribution in [2.45, 2.75) is 19.8 Å². The predicted octanol–water partition coefficient (Wildman–Crippen LogP) is 1.58. The van der Waals surface area contributed by atoms with Gasteiger partial charge in [-0.05, 0) is 37.7 Å². The van der Waals surface area contributed by atoms with Crippen LogP contribution in [0.4, 0.5) is 11.4 Å². The van der Waals surface area contributed by atoms with Gasteiger partial charge in [-0.15, -0.1) is 0 Å². The number of carbonyl (C=O) groups excluding carboxylic acids is 2. The fourth-order valence-electron chi connectivity index (χ4n) is 1.45. The average molecular weight is 249 g/mol. The maximum atomic E-state index is 11.4. The zero-order valence-corrected chi connectivity index (χ0v) is 10.7. The Labute approximate surface area is 107 Å². The normalized spacial score (nSPS) is 9.89. The van der Waals surface area contributed by atoms with Crippen LogP contribution in [0.15, 0.2) is 24.3 Å². The number of anilines is 2. The molecule has 98 valence electrons. The first kappa shape index (κ1) is 14.2. The fraction of sp³-hybridized carbons (Fsp3) is 0.385. The highest BCUT2D eigenvalue weighted by Gasteiger charge is 2.02. The molecule has 0 saturated heterocycles. The highest BCUT2D eigenvalue weighted by Crippen LogP contribution is 2.13. The summed E-state index contributed by atoms with van der Waals surface area (Å²) in [4.78, 5) is 22.7. The lowest BCUT2D eigenvalue weighted by atomic mass is 10.2. The zero-order valence-electron chi connectivity index (χ0n) is 10.7. The van der Waals surface area contributed by atoms with Crippen LogP contribution < -0.4 is 16.0 Å². The van der Waals surface area contributed by atoms with Gasteiger partial charge >= 0.3 is 0 Å². The van der Waals surface area contributed by atoms with Crippen molar-refractivity contribution in [2.24, 2.45) is 0 Å². The summed E-state index contributed by atoms with van der Waals surface area (Å²) in [7, 11) is 1.71. The molecule has 18 heavy (non-hydrogen) atoms. The van der Waals surface area contributed by atoms with Crippen LogP contribution in [0, 0.1) is 0 Å². The van der Waals surface area contributed by atoms with Crippen LogP contribution in [-0.2, 0) is 9.59 Å². The van der Waals surface area contributed by atoms with Crippen molar-refractivity contribution in [1.82, 2.24) is 5.32 Å². The van der Waals surface area contributed by atoms with E-state index in [1.54, 1.807) is 31.3 Å². The molecule has 0 aliphatic rings. The van der Waals surface area contributed by atoms with Crippen LogP contribution in [0.25, 0.3) is 0 Å². The first-order valence-corrected chi connectivity index (χ1v) is 6.00. The maximum absolute atomic E-state index is 11.4. The first-order chi connectivity index (χ1) is 8.65. The molecule has 0 unspecified atom stereocenters. The monoisotopic (exact) mass is 249 g/mol. The van der Waals surface area contributed by atoms with Gasteiger partial charge in [0.25, 0.3) is 0 Å². The largest absolute Gasteiger partial charge is 0.326 e. The molecule has 0 atom stereocenters. The van der Waals surface area contributed by atoms with Gasteiger partial charge in [-0.25, -0.2) is 0 Å². The van der Waals surface area contributed by atoms with Crippen molar-refractivity contribution in [1.29, 1.82) is 0 Å². The van der Waals surface area contributed by atoms with Gasteiger partial charge in [0.1, 0.15) is 0 Å². The van der Waals surface area contributed by atoms with Gasteiger partial charge in [-0.1, -0.05) is 6.92 Å². The lowest BCUT2D eigenvalue weighted by Crippen LogP contribution is -2.25. The van der Waals surface area contributed by atoms with E-state index >= 15 is 0 Å². The second kappa shape index (κ2) is 7.45. The van der Waals surface area contributed by atoms with Crippen molar-refractivity contribution < 1.29 is 9.59 Å². The highest BCUT2D eigenvalue weighted by molar-refractivity contribution is 5.93. The number of benzene rings is 1. The standard InChI is InChI=1S/C13H19N3O2/c1-3-4-12(17)15-10-5-7-11(8-6-10)16-13(18)9-14-2/h5-8,14H,3-4,9H2,1-2H3,(H,15,17)(H,16,18). The molecule has 2 amide bonds. The predicted molar refractivity (Wildman–Crippen MR) is 72.5 cm³/mol. The molecule has 0 radical (unpaired) electrons. The molecule has 0 aliphatic heterocycles. The highest BCUT2D eigenvalue weighted by atomic mass is 16.2. The van der Waals surface area contributed by atoms with Gasteiger partial charge in [0.15, 0.2) is 0 Å². The van der Waals surface area contributed by atoms with Crippen LogP contribution in [0.3, 0.4) is 0 Å². The summed E-state index contributed by atoms with van der Waals surface area (Å²) < 4.78 is 0. The third kappa shape index (κ3) is 4.97. The van der Waals surface area contributed by atoms with Gasteiger partial charge in [0, 0.05) is 17.8 Å². The number of rotatable bonds is 6. The molecule has 0 saturated carbocycles. The Kier molecular flexibility index (Phi) is 5.87. The van der Waals surface area contributed by atoms with E-state index in [4.69, 9.17) is 0 Å². The molecule has 0 aromatic heterocycles. The third-order valence-electron chi connectivity index (χ3n) is 2.27. The van der Waals surface area contributed by atoms with Gasteiger partial charge in [0.05, 0.1) is 6.54 Å². The summed E-state index contributed by atoms with van der Waals surface area (Å²) in [6.07, 6.45) is 1.34. The molecule has 1 rings (SSSR count). The Balaban J connectivity index is 2.52. The van der Waals surface area contributed by atoms with Crippen LogP contribution in [0.1, 0.15) is 19.8 Å². The molecule has 5 heteroatoms. The van der Waals surface area contributed by atoms with E-state index in [1.807, 2.05) is 6.92 Å². The van der Waals surface area contributed by atoms with E-state index in [2.05, 4.69) is 16.0 Å². The number of likely N-dealkylation sites (N-methyl/N-ethyl adjacent to an activating group) is 1. The average Bonchev–Trinajstić information content (AvgIpc) is 2.32. The molecule has 3 N–H and O–H groups in total. The zero-order chi connectivity index (χ0) is 13.4. The Morgan fingerprint density at radius 1 is 1.00 bits per heavy atom. The molecule has 0 aliphatic carbocycles. The van der Waals surface area contributed by atoms with E-state index in [0.717, 1.165) is 12.1 Å². The molecular formula is C13H19N3O2. The summed E-state index contributed by atoms with van der Waals surface area (Å²) in [6, 6.07) is 7.05. The lowest BCUT2D eigenvalue weighted by Gasteiger charge is -2.07. The minimum absolute atomic E-state index is 0.00414. The van der Waals surface area contributed by atoms with Gasteiger partial charge < -0.3 is 16.0 Å². The molecule has 0 fully saturated rings. The molecule has 1 aromatic carbocycles. The summed E-state index contributed by atoms with van der Waals surface area (Å²) in [5, 5.41) is 8.29. The van der Waals surface area contributed by atoms with Crippen molar-refractivity contribution in [3.8, 4) is 0 Å². The number of carbonyl (C=O) groups is 2. The molecular weight excluding hydrogens is 230 g/mol. The first-order valence-electron chi connectivity index (χ1n) is 6.00. The number of hydrogen-bond donors (Lipinski definition) is 3. The topological polar surface area (TPSA) is 70.2 Å². The number of hydrogen-bond acceptors (Lipinski definition) is 3. The molecule has 5 nitrogen and oxygen atoms in total. The van der Waals surface area contributed by atoms with Crippen LogP contribution in [0.5, 0.6) is 0 Å². The van der Waals surface area contributed by atoms with Crippen molar-refractivity contribution >= 4 is 23.2 Å². The van der Waals surface area contributed by atoms with E-state index in [1.165, 1.54) is 0 Å². The summed E-state index contributed by atoms with van der Waals surface area (Å²) >= 11 is 0. The van der Waals surface area contributed by atoms with E-state index in [0.29, 0.717) is 12.1 Å². The van der Waals surface area contributed by atoms with Gasteiger partial charge in [-0.2, -0.15) is 0 Å². The summed E-state index contributed by atoms with van der Waals surface area (Å²) in [5.41, 5.74) is 1.45. The lowest BCUT2D eigenvalue weighted by molar-refractivity contribution is -0.116. The summed E-state index contributed by atoms with van der Waals surface area (Å²) in [6.45, 7) is 2.23. The Morgan fingerprint density at radius 3 is 1.94 bits per heavy atom. The maximum Gasteiger partial charge on any atom is 0.238 e. The van der Waals surface area contributed by atoms with Crippen LogP contribution in [-0.4, -0.2) is 25.4 Å². The van der Waals surface area contributed by atoms with E-state index in [9.17, 15) is 9.59 Å². The Bertz CT molecular complexity index is 362. The smallest absolute Gasteiger partial charge is 0.238 e. The van der Waals surface area contributed by atoms with Crippen LogP contribution >= 0.6 is 0 Å². The minimum Gasteiger partial charge on any atom is -0.326 e.